The summed E-state index contributed by atoms with van der Waals surface area (Å²) in [6.45, 7) is 1.27. The number of nitrogens with one attached hydrogen (secondary N) is 2. The third-order valence-corrected chi connectivity index (χ3v) is 7.90. The molecule has 38 heavy (non-hydrogen) atoms. The summed E-state index contributed by atoms with van der Waals surface area (Å²) in [4.78, 5) is 12.7. The molecule has 0 saturated carbocycles. The third-order valence-electron chi connectivity index (χ3n) is 5.39. The molecule has 0 fully saturated rings. The summed E-state index contributed by atoms with van der Waals surface area (Å²) >= 11 is 0. The number of rotatable bonds is 11. The average molecular weight is 564 g/mol. The number of carbonyl (C=O) groups excluding carboxylic acids is 1. The fraction of sp³-hybridized carbons (Fsp3) is 0.240. The molecule has 0 bridgehead atoms. The molecule has 1 amide bonds. The van der Waals surface area contributed by atoms with Crippen molar-refractivity contribution in [2.24, 2.45) is 0 Å². The van der Waals surface area contributed by atoms with E-state index in [0.29, 0.717) is 17.2 Å². The Morgan fingerprint density at radius 1 is 0.842 bits per heavy atom. The zero-order valence-corrected chi connectivity index (χ0v) is 23.1. The van der Waals surface area contributed by atoms with Gasteiger partial charge in [0.25, 0.3) is 10.0 Å². The topological polar surface area (TPSA) is 140 Å². The number of sulfonamides is 2. The maximum atomic E-state index is 12.9. The minimum Gasteiger partial charge on any atom is -0.497 e. The predicted molar refractivity (Wildman–Crippen MR) is 145 cm³/mol. The molecule has 2 N–H and O–H groups in total. The van der Waals surface area contributed by atoms with Crippen molar-refractivity contribution in [3.8, 4) is 17.2 Å². The largest absolute Gasteiger partial charge is 0.497 e. The predicted octanol–water partition coefficient (Wildman–Crippen LogP) is 3.23. The number of nitrogens with zero attached hydrogens (tertiary/aromatic N) is 1. The summed E-state index contributed by atoms with van der Waals surface area (Å²) < 4.78 is 69.9. The van der Waals surface area contributed by atoms with Gasteiger partial charge in [-0.25, -0.2) is 16.8 Å². The van der Waals surface area contributed by atoms with E-state index in [1.54, 1.807) is 37.3 Å². The van der Waals surface area contributed by atoms with Crippen molar-refractivity contribution < 1.29 is 35.8 Å². The molecule has 0 spiro atoms. The highest BCUT2D eigenvalue weighted by atomic mass is 32.2. The molecular weight excluding hydrogens is 534 g/mol. The molecule has 0 aliphatic heterocycles. The Kier molecular flexibility index (Phi) is 8.74. The first kappa shape index (κ1) is 28.6. The Morgan fingerprint density at radius 3 is 2.05 bits per heavy atom. The van der Waals surface area contributed by atoms with Gasteiger partial charge in [-0.3, -0.25) is 13.8 Å². The first-order valence-corrected chi connectivity index (χ1v) is 14.5. The number of methoxy groups -OCH3 is 3. The zero-order chi connectivity index (χ0) is 28.1. The molecule has 0 unspecified atom stereocenters. The van der Waals surface area contributed by atoms with Crippen molar-refractivity contribution in [1.82, 2.24) is 0 Å². The number of hydrogen-bond donors (Lipinski definition) is 2. The molecule has 0 radical (unpaired) electrons. The first-order valence-electron chi connectivity index (χ1n) is 11.1. The van der Waals surface area contributed by atoms with Crippen LogP contribution in [0.4, 0.5) is 17.1 Å². The first-order chi connectivity index (χ1) is 17.9. The summed E-state index contributed by atoms with van der Waals surface area (Å²) in [6, 6.07) is 15.1. The van der Waals surface area contributed by atoms with Gasteiger partial charge in [-0.2, -0.15) is 0 Å². The number of hydrogen-bond acceptors (Lipinski definition) is 8. The van der Waals surface area contributed by atoms with Crippen LogP contribution in [0.5, 0.6) is 17.2 Å². The smallest absolute Gasteiger partial charge is 0.262 e. The second kappa shape index (κ2) is 11.6. The highest BCUT2D eigenvalue weighted by molar-refractivity contribution is 7.92. The van der Waals surface area contributed by atoms with E-state index in [1.807, 2.05) is 0 Å². The van der Waals surface area contributed by atoms with Crippen molar-refractivity contribution in [3.05, 3.63) is 66.2 Å². The fourth-order valence-electron chi connectivity index (χ4n) is 3.52. The molecule has 13 heteroatoms. The summed E-state index contributed by atoms with van der Waals surface area (Å²) in [5.41, 5.74) is 1.48. The van der Waals surface area contributed by atoms with E-state index in [2.05, 4.69) is 10.0 Å². The Balaban J connectivity index is 1.78. The summed E-state index contributed by atoms with van der Waals surface area (Å²) in [7, 11) is -3.56. The monoisotopic (exact) mass is 563 g/mol. The lowest BCUT2D eigenvalue weighted by Gasteiger charge is -2.24. The van der Waals surface area contributed by atoms with Gasteiger partial charge in [0.15, 0.2) is 0 Å². The lowest BCUT2D eigenvalue weighted by molar-refractivity contribution is -0.114. The molecule has 3 aromatic rings. The van der Waals surface area contributed by atoms with Crippen LogP contribution >= 0.6 is 0 Å². The molecule has 0 atom stereocenters. The van der Waals surface area contributed by atoms with E-state index in [-0.39, 0.29) is 22.0 Å². The van der Waals surface area contributed by atoms with Crippen LogP contribution in [-0.4, -0.2) is 56.9 Å². The number of aryl methyl sites for hydroxylation is 1. The zero-order valence-electron chi connectivity index (χ0n) is 21.5. The molecule has 3 aromatic carbocycles. The molecule has 0 aliphatic rings. The normalized spacial score (nSPS) is 11.4. The van der Waals surface area contributed by atoms with Crippen molar-refractivity contribution >= 4 is 43.0 Å². The minimum atomic E-state index is -4.00. The van der Waals surface area contributed by atoms with E-state index in [1.165, 1.54) is 51.7 Å². The second-order valence-electron chi connectivity index (χ2n) is 8.19. The summed E-state index contributed by atoms with van der Waals surface area (Å²) in [5.74, 6) is 0.407. The van der Waals surface area contributed by atoms with E-state index in [4.69, 9.17) is 14.2 Å². The van der Waals surface area contributed by atoms with Crippen molar-refractivity contribution in [2.75, 3.05) is 48.5 Å². The molecular formula is C25H29N3O8S2. The fourth-order valence-corrected chi connectivity index (χ4v) is 5.43. The Labute approximate surface area is 222 Å². The van der Waals surface area contributed by atoms with Crippen LogP contribution < -0.4 is 28.6 Å². The second-order valence-corrected chi connectivity index (χ2v) is 11.8. The number of benzene rings is 3. The van der Waals surface area contributed by atoms with Gasteiger partial charge in [-0.15, -0.1) is 0 Å². The van der Waals surface area contributed by atoms with E-state index in [9.17, 15) is 21.6 Å². The lowest BCUT2D eigenvalue weighted by Crippen LogP contribution is -2.37. The van der Waals surface area contributed by atoms with Crippen LogP contribution in [0.2, 0.25) is 0 Å². The third kappa shape index (κ3) is 6.86. The lowest BCUT2D eigenvalue weighted by atomic mass is 10.2. The maximum Gasteiger partial charge on any atom is 0.262 e. The Bertz CT molecular complexity index is 1520. The van der Waals surface area contributed by atoms with E-state index < -0.39 is 32.5 Å². The van der Waals surface area contributed by atoms with Crippen LogP contribution in [0.25, 0.3) is 0 Å². The van der Waals surface area contributed by atoms with Crippen LogP contribution in [0, 0.1) is 6.92 Å². The van der Waals surface area contributed by atoms with Gasteiger partial charge in [0.05, 0.1) is 43.9 Å². The van der Waals surface area contributed by atoms with Gasteiger partial charge in [-0.1, -0.05) is 6.07 Å². The van der Waals surface area contributed by atoms with Gasteiger partial charge in [0, 0.05) is 11.8 Å². The number of carbonyl (C=O) groups is 1. The quantitative estimate of drug-likeness (QED) is 0.362. The van der Waals surface area contributed by atoms with Gasteiger partial charge < -0.3 is 19.5 Å². The van der Waals surface area contributed by atoms with Crippen LogP contribution in [0.1, 0.15) is 5.56 Å². The highest BCUT2D eigenvalue weighted by Crippen LogP contribution is 2.32. The average Bonchev–Trinajstić information content (AvgIpc) is 2.86. The standard InChI is InChI=1S/C25H29N3O8S2/c1-17-6-12-24(36-4)22(14-17)28(37(5,30)31)16-25(29)26-18-7-10-20(11-8-18)38(32,33)27-21-15-19(34-2)9-13-23(21)35-3/h6-15,27H,16H2,1-5H3,(H,26,29). The molecule has 0 saturated heterocycles. The molecule has 0 aromatic heterocycles. The van der Waals surface area contributed by atoms with Crippen molar-refractivity contribution in [2.45, 2.75) is 11.8 Å². The van der Waals surface area contributed by atoms with Gasteiger partial charge in [-0.05, 0) is 61.0 Å². The SMILES string of the molecule is COc1ccc(OC)c(NS(=O)(=O)c2ccc(NC(=O)CN(c3cc(C)ccc3OC)S(C)(=O)=O)cc2)c1. The molecule has 3 rings (SSSR count). The van der Waals surface area contributed by atoms with Gasteiger partial charge in [0.2, 0.25) is 15.9 Å². The van der Waals surface area contributed by atoms with Gasteiger partial charge >= 0.3 is 0 Å². The molecule has 204 valence electrons. The summed E-state index contributed by atoms with van der Waals surface area (Å²) in [5, 5.41) is 2.59. The van der Waals surface area contributed by atoms with Crippen LogP contribution in [-0.2, 0) is 24.8 Å². The van der Waals surface area contributed by atoms with Crippen molar-refractivity contribution in [3.63, 3.8) is 0 Å². The van der Waals surface area contributed by atoms with Crippen LogP contribution in [0.3, 0.4) is 0 Å². The highest BCUT2D eigenvalue weighted by Gasteiger charge is 2.24. The minimum absolute atomic E-state index is 0.0670. The number of ether oxygens (including phenoxy) is 3. The number of anilines is 3. The summed E-state index contributed by atoms with van der Waals surface area (Å²) in [6.07, 6.45) is 0.992. The molecule has 0 aliphatic carbocycles. The molecule has 0 heterocycles. The van der Waals surface area contributed by atoms with Crippen molar-refractivity contribution in [1.29, 1.82) is 0 Å². The number of amides is 1. The van der Waals surface area contributed by atoms with E-state index >= 15 is 0 Å². The molecule has 11 nitrogen and oxygen atoms in total. The Morgan fingerprint density at radius 2 is 1.47 bits per heavy atom. The Hall–Kier alpha value is -3.97. The van der Waals surface area contributed by atoms with Gasteiger partial charge in [0.1, 0.15) is 23.8 Å². The maximum absolute atomic E-state index is 12.9. The van der Waals surface area contributed by atoms with Crippen LogP contribution in [0.15, 0.2) is 65.6 Å². The van der Waals surface area contributed by atoms with E-state index in [0.717, 1.165) is 16.1 Å².